The Bertz CT molecular complexity index is 344. The van der Waals surface area contributed by atoms with Crippen LogP contribution in [0.1, 0.15) is 17.9 Å². The smallest absolute Gasteiger partial charge is 0.220 e. The van der Waals surface area contributed by atoms with Gasteiger partial charge in [0.2, 0.25) is 5.91 Å². The zero-order chi connectivity index (χ0) is 10.7. The molecule has 5 nitrogen and oxygen atoms in total. The quantitative estimate of drug-likeness (QED) is 0.743. The lowest BCUT2D eigenvalue weighted by Crippen LogP contribution is -2.44. The minimum Gasteiger partial charge on any atom is -0.361 e. The largest absolute Gasteiger partial charge is 0.361 e. The van der Waals surface area contributed by atoms with Gasteiger partial charge in [0.1, 0.15) is 11.5 Å². The number of nitrogens with zero attached hydrogens (tertiary/aromatic N) is 1. The van der Waals surface area contributed by atoms with Crippen molar-refractivity contribution in [1.82, 2.24) is 15.8 Å². The summed E-state index contributed by atoms with van der Waals surface area (Å²) < 4.78 is 4.90. The Morgan fingerprint density at radius 1 is 1.73 bits per heavy atom. The Morgan fingerprint density at radius 2 is 2.53 bits per heavy atom. The van der Waals surface area contributed by atoms with E-state index in [1.54, 1.807) is 0 Å². The average molecular weight is 209 g/mol. The van der Waals surface area contributed by atoms with Crippen molar-refractivity contribution in [1.29, 1.82) is 0 Å². The van der Waals surface area contributed by atoms with Crippen molar-refractivity contribution in [3.63, 3.8) is 0 Å². The van der Waals surface area contributed by atoms with E-state index in [1.165, 1.54) is 0 Å². The van der Waals surface area contributed by atoms with Crippen LogP contribution in [0.5, 0.6) is 0 Å². The molecule has 1 aliphatic heterocycles. The molecule has 2 heterocycles. The van der Waals surface area contributed by atoms with Gasteiger partial charge in [-0.25, -0.2) is 0 Å². The fourth-order valence-corrected chi connectivity index (χ4v) is 1.52. The normalized spacial score (nSPS) is 16.1. The molecule has 0 spiro atoms. The van der Waals surface area contributed by atoms with E-state index in [0.29, 0.717) is 18.9 Å². The van der Waals surface area contributed by atoms with Crippen molar-refractivity contribution >= 4 is 5.91 Å². The van der Waals surface area contributed by atoms with Gasteiger partial charge in [-0.15, -0.1) is 0 Å². The number of carbonyl (C=O) groups excluding carboxylic acids is 1. The first-order valence-corrected chi connectivity index (χ1v) is 5.13. The van der Waals surface area contributed by atoms with Crippen molar-refractivity contribution in [2.45, 2.75) is 19.9 Å². The maximum atomic E-state index is 11.4. The standard InChI is InChI=1S/C10H15N3O2/c1-7-2-9(13-15-7)6-12-10(14)3-8-4-11-5-8/h2,8,11H,3-6H2,1H3,(H,12,14). The van der Waals surface area contributed by atoms with Gasteiger partial charge >= 0.3 is 0 Å². The number of aryl methyl sites for hydroxylation is 1. The summed E-state index contributed by atoms with van der Waals surface area (Å²) in [5.41, 5.74) is 0.771. The molecule has 0 aliphatic carbocycles. The van der Waals surface area contributed by atoms with E-state index in [2.05, 4.69) is 15.8 Å². The molecule has 0 aromatic carbocycles. The van der Waals surface area contributed by atoms with Gasteiger partial charge in [-0.1, -0.05) is 5.16 Å². The third-order valence-corrected chi connectivity index (χ3v) is 2.48. The van der Waals surface area contributed by atoms with Gasteiger partial charge in [0, 0.05) is 12.5 Å². The van der Waals surface area contributed by atoms with Crippen molar-refractivity contribution in [2.24, 2.45) is 5.92 Å². The summed E-state index contributed by atoms with van der Waals surface area (Å²) in [5, 5.41) is 9.76. The molecule has 82 valence electrons. The zero-order valence-electron chi connectivity index (χ0n) is 8.75. The molecule has 0 atom stereocenters. The number of nitrogens with one attached hydrogen (secondary N) is 2. The van der Waals surface area contributed by atoms with Gasteiger partial charge in [-0.2, -0.15) is 0 Å². The number of hydrogen-bond donors (Lipinski definition) is 2. The van der Waals surface area contributed by atoms with E-state index in [4.69, 9.17) is 4.52 Å². The summed E-state index contributed by atoms with van der Waals surface area (Å²) in [6.07, 6.45) is 0.601. The fourth-order valence-electron chi connectivity index (χ4n) is 1.52. The van der Waals surface area contributed by atoms with E-state index in [1.807, 2.05) is 13.0 Å². The van der Waals surface area contributed by atoms with Gasteiger partial charge in [-0.05, 0) is 25.9 Å². The lowest BCUT2D eigenvalue weighted by molar-refractivity contribution is -0.122. The minimum atomic E-state index is 0.0853. The van der Waals surface area contributed by atoms with E-state index >= 15 is 0 Å². The van der Waals surface area contributed by atoms with Crippen LogP contribution < -0.4 is 10.6 Å². The Kier molecular flexibility index (Phi) is 3.01. The van der Waals surface area contributed by atoms with Gasteiger partial charge in [0.15, 0.2) is 0 Å². The van der Waals surface area contributed by atoms with E-state index in [0.717, 1.165) is 24.5 Å². The second-order valence-electron chi connectivity index (χ2n) is 3.93. The van der Waals surface area contributed by atoms with Crippen molar-refractivity contribution < 1.29 is 9.32 Å². The van der Waals surface area contributed by atoms with Crippen LogP contribution in [0.4, 0.5) is 0 Å². The summed E-state index contributed by atoms with van der Waals surface area (Å²) in [7, 11) is 0. The third-order valence-electron chi connectivity index (χ3n) is 2.48. The molecule has 15 heavy (non-hydrogen) atoms. The van der Waals surface area contributed by atoms with Crippen molar-refractivity contribution in [3.8, 4) is 0 Å². The minimum absolute atomic E-state index is 0.0853. The SMILES string of the molecule is Cc1cc(CNC(=O)CC2CNC2)no1. The van der Waals surface area contributed by atoms with Crippen LogP contribution in [0.25, 0.3) is 0 Å². The highest BCUT2D eigenvalue weighted by Gasteiger charge is 2.19. The van der Waals surface area contributed by atoms with E-state index in [9.17, 15) is 4.79 Å². The van der Waals surface area contributed by atoms with Gasteiger partial charge in [0.05, 0.1) is 6.54 Å². The summed E-state index contributed by atoms with van der Waals surface area (Å²) >= 11 is 0. The van der Waals surface area contributed by atoms with Gasteiger partial charge < -0.3 is 15.2 Å². The van der Waals surface area contributed by atoms with E-state index in [-0.39, 0.29) is 5.91 Å². The number of aromatic nitrogens is 1. The maximum Gasteiger partial charge on any atom is 0.220 e. The molecule has 1 amide bonds. The predicted octanol–water partition coefficient (Wildman–Crippen LogP) is 0.209. The van der Waals surface area contributed by atoms with Crippen molar-refractivity contribution in [3.05, 3.63) is 17.5 Å². The Balaban J connectivity index is 1.70. The molecule has 0 radical (unpaired) electrons. The first-order chi connectivity index (χ1) is 7.24. The van der Waals surface area contributed by atoms with Crippen LogP contribution in [-0.4, -0.2) is 24.2 Å². The molecule has 1 aromatic rings. The second-order valence-corrected chi connectivity index (χ2v) is 3.93. The lowest BCUT2D eigenvalue weighted by atomic mass is 9.99. The summed E-state index contributed by atoms with van der Waals surface area (Å²) in [6.45, 7) is 4.20. The topological polar surface area (TPSA) is 67.2 Å². The number of amides is 1. The van der Waals surface area contributed by atoms with Crippen LogP contribution in [-0.2, 0) is 11.3 Å². The molecular formula is C10H15N3O2. The van der Waals surface area contributed by atoms with Crippen LogP contribution in [0.3, 0.4) is 0 Å². The molecule has 0 bridgehead atoms. The zero-order valence-corrected chi connectivity index (χ0v) is 8.75. The summed E-state index contributed by atoms with van der Waals surface area (Å²) in [6, 6.07) is 1.82. The second kappa shape index (κ2) is 4.44. The van der Waals surface area contributed by atoms with Gasteiger partial charge in [-0.3, -0.25) is 4.79 Å². The number of carbonyl (C=O) groups is 1. The van der Waals surface area contributed by atoms with Crippen LogP contribution >= 0.6 is 0 Å². The molecule has 5 heteroatoms. The molecule has 2 N–H and O–H groups in total. The first kappa shape index (κ1) is 10.2. The fraction of sp³-hybridized carbons (Fsp3) is 0.600. The van der Waals surface area contributed by atoms with Crippen molar-refractivity contribution in [2.75, 3.05) is 13.1 Å². The van der Waals surface area contributed by atoms with Crippen LogP contribution in [0.15, 0.2) is 10.6 Å². The number of hydrogen-bond acceptors (Lipinski definition) is 4. The molecule has 1 aliphatic rings. The molecule has 1 aromatic heterocycles. The maximum absolute atomic E-state index is 11.4. The summed E-state index contributed by atoms with van der Waals surface area (Å²) in [4.78, 5) is 11.4. The molecule has 0 unspecified atom stereocenters. The van der Waals surface area contributed by atoms with Crippen LogP contribution in [0, 0.1) is 12.8 Å². The lowest BCUT2D eigenvalue weighted by Gasteiger charge is -2.26. The summed E-state index contributed by atoms with van der Waals surface area (Å²) in [5.74, 6) is 1.36. The molecule has 0 saturated carbocycles. The molecule has 2 rings (SSSR count). The third kappa shape index (κ3) is 2.79. The van der Waals surface area contributed by atoms with E-state index < -0.39 is 0 Å². The van der Waals surface area contributed by atoms with Gasteiger partial charge in [0.25, 0.3) is 0 Å². The molecule has 1 saturated heterocycles. The highest BCUT2D eigenvalue weighted by atomic mass is 16.5. The van der Waals surface area contributed by atoms with Crippen LogP contribution in [0.2, 0.25) is 0 Å². The highest BCUT2D eigenvalue weighted by Crippen LogP contribution is 2.08. The molecular weight excluding hydrogens is 194 g/mol. The predicted molar refractivity (Wildman–Crippen MR) is 54.1 cm³/mol. The Hall–Kier alpha value is -1.36. The monoisotopic (exact) mass is 209 g/mol. The average Bonchev–Trinajstić information content (AvgIpc) is 2.55. The Morgan fingerprint density at radius 3 is 3.07 bits per heavy atom. The molecule has 1 fully saturated rings. The number of rotatable bonds is 4. The Labute approximate surface area is 88.2 Å². The highest BCUT2D eigenvalue weighted by molar-refractivity contribution is 5.76. The first-order valence-electron chi connectivity index (χ1n) is 5.13.